The van der Waals surface area contributed by atoms with Crippen molar-refractivity contribution in [3.8, 4) is 0 Å². The number of benzene rings is 1. The Kier molecular flexibility index (Phi) is 11.4. The van der Waals surface area contributed by atoms with Crippen molar-refractivity contribution in [2.24, 2.45) is 5.92 Å². The number of carbonyl (C=O) groups is 3. The van der Waals surface area contributed by atoms with Gasteiger partial charge in [0.05, 0.1) is 23.3 Å². The third kappa shape index (κ3) is 9.89. The Morgan fingerprint density at radius 1 is 1.18 bits per heavy atom. The predicted octanol–water partition coefficient (Wildman–Crippen LogP) is 4.76. The number of fused-ring (bicyclic) bond motifs is 1. The monoisotopic (exact) mass is 648 g/mol. The minimum atomic E-state index is -1.00. The molecule has 45 heavy (non-hydrogen) atoms. The lowest BCUT2D eigenvalue weighted by molar-refractivity contribution is -0.148. The smallest absolute Gasteiger partial charge is 0.408 e. The molecule has 1 aromatic carbocycles. The van der Waals surface area contributed by atoms with E-state index >= 15 is 0 Å². The number of amides is 3. The van der Waals surface area contributed by atoms with Crippen LogP contribution in [0, 0.1) is 11.7 Å². The molecule has 2 atom stereocenters. The summed E-state index contributed by atoms with van der Waals surface area (Å²) in [4.78, 5) is 49.8. The number of aromatic nitrogens is 2. The molecule has 1 saturated heterocycles. The van der Waals surface area contributed by atoms with E-state index in [4.69, 9.17) is 25.8 Å². The Hall–Kier alpha value is -3.71. The van der Waals surface area contributed by atoms with E-state index in [9.17, 15) is 18.8 Å². The van der Waals surface area contributed by atoms with Crippen molar-refractivity contribution in [2.45, 2.75) is 84.2 Å². The molecular weight excluding hydrogens is 607 g/mol. The van der Waals surface area contributed by atoms with Gasteiger partial charge in [0.2, 0.25) is 5.95 Å². The highest BCUT2D eigenvalue weighted by atomic mass is 35.5. The number of carbonyl (C=O) groups excluding carboxylic acids is 3. The summed E-state index contributed by atoms with van der Waals surface area (Å²) < 4.78 is 30.3. The molecule has 1 fully saturated rings. The second kappa shape index (κ2) is 15.0. The third-order valence-electron chi connectivity index (χ3n) is 7.42. The van der Waals surface area contributed by atoms with Gasteiger partial charge >= 0.3 is 18.1 Å². The van der Waals surface area contributed by atoms with Gasteiger partial charge in [-0.05, 0) is 69.2 Å². The van der Waals surface area contributed by atoms with Crippen LogP contribution in [-0.2, 0) is 32.0 Å². The maximum atomic E-state index is 14.0. The number of urea groups is 1. The summed E-state index contributed by atoms with van der Waals surface area (Å²) in [6.45, 7) is 10.4. The van der Waals surface area contributed by atoms with Crippen molar-refractivity contribution in [2.75, 3.05) is 31.7 Å². The highest BCUT2D eigenvalue weighted by molar-refractivity contribution is 6.30. The van der Waals surface area contributed by atoms with Gasteiger partial charge in [0.25, 0.3) is 0 Å². The van der Waals surface area contributed by atoms with Crippen LogP contribution < -0.4 is 16.0 Å². The van der Waals surface area contributed by atoms with Gasteiger partial charge in [-0.2, -0.15) is 0 Å². The number of anilines is 1. The lowest BCUT2D eigenvalue weighted by Gasteiger charge is -2.31. The van der Waals surface area contributed by atoms with E-state index in [1.807, 2.05) is 0 Å². The van der Waals surface area contributed by atoms with E-state index in [2.05, 4.69) is 25.9 Å². The van der Waals surface area contributed by atoms with Crippen LogP contribution in [0.25, 0.3) is 0 Å². The van der Waals surface area contributed by atoms with E-state index in [0.717, 1.165) is 24.1 Å². The van der Waals surface area contributed by atoms with E-state index in [0.29, 0.717) is 37.7 Å². The average molecular weight is 649 g/mol. The number of halogens is 2. The summed E-state index contributed by atoms with van der Waals surface area (Å²) in [7, 11) is 0. The first-order valence-corrected chi connectivity index (χ1v) is 15.5. The second-order valence-corrected chi connectivity index (χ2v) is 12.9. The van der Waals surface area contributed by atoms with Crippen LogP contribution in [0.1, 0.15) is 70.3 Å². The summed E-state index contributed by atoms with van der Waals surface area (Å²) in [6.07, 6.45) is 3.33. The minimum Gasteiger partial charge on any atom is -0.462 e. The van der Waals surface area contributed by atoms with E-state index < -0.39 is 41.6 Å². The Labute approximate surface area is 267 Å². The first kappa shape index (κ1) is 34.2. The van der Waals surface area contributed by atoms with Gasteiger partial charge in [-0.15, -0.1) is 0 Å². The average Bonchev–Trinajstić information content (AvgIpc) is 2.98. The molecule has 0 aliphatic carbocycles. The predicted molar refractivity (Wildman–Crippen MR) is 165 cm³/mol. The maximum absolute atomic E-state index is 14.0. The van der Waals surface area contributed by atoms with Gasteiger partial charge < -0.3 is 35.1 Å². The zero-order valence-electron chi connectivity index (χ0n) is 26.3. The molecule has 12 nitrogen and oxygen atoms in total. The number of hydrogen-bond donors (Lipinski definition) is 3. The van der Waals surface area contributed by atoms with Crippen LogP contribution in [0.3, 0.4) is 0 Å². The molecule has 0 saturated carbocycles. The van der Waals surface area contributed by atoms with Crippen LogP contribution in [-0.4, -0.2) is 77.0 Å². The highest BCUT2D eigenvalue weighted by Crippen LogP contribution is 2.24. The van der Waals surface area contributed by atoms with Gasteiger partial charge in [0, 0.05) is 32.0 Å². The summed E-state index contributed by atoms with van der Waals surface area (Å²) in [5.74, 6) is -1.15. The van der Waals surface area contributed by atoms with Gasteiger partial charge in [-0.1, -0.05) is 31.5 Å². The Bertz CT molecular complexity index is 1370. The van der Waals surface area contributed by atoms with E-state index in [1.54, 1.807) is 45.7 Å². The fourth-order valence-electron chi connectivity index (χ4n) is 4.95. The maximum Gasteiger partial charge on any atom is 0.408 e. The Balaban J connectivity index is 1.44. The quantitative estimate of drug-likeness (QED) is 0.328. The molecular formula is C31H42ClFN6O6. The van der Waals surface area contributed by atoms with Crippen molar-refractivity contribution in [3.05, 3.63) is 52.1 Å². The highest BCUT2D eigenvalue weighted by Gasteiger charge is 2.31. The topological polar surface area (TPSA) is 144 Å². The molecule has 0 unspecified atom stereocenters. The molecule has 0 bridgehead atoms. The molecule has 2 aromatic rings. The molecule has 3 N–H and O–H groups in total. The largest absolute Gasteiger partial charge is 0.462 e. The van der Waals surface area contributed by atoms with Gasteiger partial charge in [0.15, 0.2) is 0 Å². The van der Waals surface area contributed by atoms with Crippen LogP contribution in [0.2, 0.25) is 5.02 Å². The Morgan fingerprint density at radius 3 is 2.58 bits per heavy atom. The molecule has 4 rings (SSSR count). The number of ether oxygens (including phenoxy) is 3. The molecule has 0 radical (unpaired) electrons. The molecule has 14 heteroatoms. The minimum absolute atomic E-state index is 0.141. The standard InChI is InChI=1S/C31H42ClFN6O6/c1-18(2)26(38-30(42)45-31(3,4)5)27(40)44-17-25(19-6-7-23(33)22(32)14-19)37-29(41)39-11-8-20-15-34-28(36-24(20)16-39)35-21-9-12-43-13-10-21/h6-7,14-15,18,21,25-26H,8-13,16-17H2,1-5H3,(H,37,41)(H,38,42)(H,34,35,36)/t25-,26+/m1/s1. The first-order chi connectivity index (χ1) is 21.3. The number of esters is 1. The van der Waals surface area contributed by atoms with Crippen molar-refractivity contribution >= 4 is 35.6 Å². The lowest BCUT2D eigenvalue weighted by Crippen LogP contribution is -2.48. The van der Waals surface area contributed by atoms with Crippen molar-refractivity contribution < 1.29 is 33.0 Å². The van der Waals surface area contributed by atoms with Crippen molar-refractivity contribution in [1.29, 1.82) is 0 Å². The molecule has 246 valence electrons. The van der Waals surface area contributed by atoms with Gasteiger partial charge in [-0.3, -0.25) is 0 Å². The summed E-state index contributed by atoms with van der Waals surface area (Å²) in [5, 5.41) is 8.68. The summed E-state index contributed by atoms with van der Waals surface area (Å²) >= 11 is 6.05. The molecule has 3 heterocycles. The van der Waals surface area contributed by atoms with Crippen LogP contribution in [0.4, 0.5) is 19.9 Å². The number of alkyl carbamates (subject to hydrolysis) is 1. The van der Waals surface area contributed by atoms with Crippen molar-refractivity contribution in [3.63, 3.8) is 0 Å². The van der Waals surface area contributed by atoms with Crippen LogP contribution in [0.5, 0.6) is 0 Å². The zero-order chi connectivity index (χ0) is 32.7. The van der Waals surface area contributed by atoms with Crippen LogP contribution >= 0.6 is 11.6 Å². The Morgan fingerprint density at radius 2 is 1.91 bits per heavy atom. The summed E-state index contributed by atoms with van der Waals surface area (Å²) in [6, 6.07) is 1.95. The molecule has 2 aliphatic heterocycles. The molecule has 2 aliphatic rings. The third-order valence-corrected chi connectivity index (χ3v) is 7.71. The SMILES string of the molecule is CC(C)[C@H](NC(=O)OC(C)(C)C)C(=O)OC[C@@H](NC(=O)N1CCc2cnc(NC3CCOCC3)nc2C1)c1ccc(F)c(Cl)c1. The molecule has 3 amide bonds. The van der Waals surface area contributed by atoms with Gasteiger partial charge in [-0.25, -0.2) is 28.7 Å². The van der Waals surface area contributed by atoms with E-state index in [1.165, 1.54) is 18.2 Å². The second-order valence-electron chi connectivity index (χ2n) is 12.5. The zero-order valence-corrected chi connectivity index (χ0v) is 27.1. The van der Waals surface area contributed by atoms with Crippen molar-refractivity contribution in [1.82, 2.24) is 25.5 Å². The molecule has 0 spiro atoms. The first-order valence-electron chi connectivity index (χ1n) is 15.1. The van der Waals surface area contributed by atoms with Gasteiger partial charge in [0.1, 0.15) is 24.1 Å². The fraction of sp³-hybridized carbons (Fsp3) is 0.581. The van der Waals surface area contributed by atoms with E-state index in [-0.39, 0.29) is 30.1 Å². The molecule has 1 aromatic heterocycles. The fourth-order valence-corrected chi connectivity index (χ4v) is 5.14. The number of nitrogens with zero attached hydrogens (tertiary/aromatic N) is 3. The summed E-state index contributed by atoms with van der Waals surface area (Å²) in [5.41, 5.74) is 1.38. The number of hydrogen-bond acceptors (Lipinski definition) is 9. The normalized spacial score (nSPS) is 16.8. The van der Waals surface area contributed by atoms with Crippen LogP contribution in [0.15, 0.2) is 24.4 Å². The lowest BCUT2D eigenvalue weighted by atomic mass is 10.0. The number of rotatable bonds is 9. The number of nitrogens with one attached hydrogen (secondary N) is 3.